The first-order valence-corrected chi connectivity index (χ1v) is 11.5. The maximum Gasteiger partial charge on any atom is 0.295 e. The molecule has 0 bridgehead atoms. The molecule has 0 aliphatic carbocycles. The fraction of sp³-hybridized carbons (Fsp3) is 0.185. The molecule has 3 aromatic rings. The highest BCUT2D eigenvalue weighted by Gasteiger charge is 2.46. The Morgan fingerprint density at radius 2 is 1.30 bits per heavy atom. The average molecular weight is 501 g/mol. The van der Waals surface area contributed by atoms with Gasteiger partial charge < -0.3 is 38.4 Å². The molecule has 0 spiro atoms. The van der Waals surface area contributed by atoms with E-state index in [4.69, 9.17) is 28.4 Å². The second-order valence-corrected chi connectivity index (χ2v) is 8.80. The number of amides is 1. The van der Waals surface area contributed by atoms with Crippen molar-refractivity contribution in [3.8, 4) is 34.5 Å². The maximum atomic E-state index is 13.4. The molecular weight excluding hydrogens is 482 g/mol. The van der Waals surface area contributed by atoms with Crippen LogP contribution < -0.4 is 28.4 Å². The van der Waals surface area contributed by atoms with Gasteiger partial charge in [0, 0.05) is 12.1 Å². The van der Waals surface area contributed by atoms with E-state index in [0.29, 0.717) is 45.6 Å². The molecule has 0 radical (unpaired) electrons. The van der Waals surface area contributed by atoms with Gasteiger partial charge in [0.2, 0.25) is 20.4 Å². The standard InChI is InChI=1S/C27H19NO9/c29-25(16-3-6-19-22(9-16)37-13-34-19)23-24(15-2-5-18-21(8-15)36-12-33-18)28(27(31)26(23)30)10-14-1-4-17-20(7-14)35-11-32-17/h1-9,24,29H,10-13H2/t24-/m0/s1. The number of aliphatic hydroxyl groups is 1. The Hall–Kier alpha value is -4.86. The van der Waals surface area contributed by atoms with E-state index >= 15 is 0 Å². The van der Waals surface area contributed by atoms with Crippen LogP contribution in [0.4, 0.5) is 0 Å². The molecule has 0 saturated carbocycles. The second kappa shape index (κ2) is 8.09. The SMILES string of the molecule is O=C1C(=O)N(Cc2ccc3c(c2)OCO3)[C@@H](c2ccc3c(c2)OCO3)C1=C(O)c1ccc2c(c1)OCO2. The van der Waals surface area contributed by atoms with Crippen LogP contribution in [-0.4, -0.2) is 42.1 Å². The number of ketones is 1. The zero-order valence-corrected chi connectivity index (χ0v) is 19.3. The van der Waals surface area contributed by atoms with E-state index in [0.717, 1.165) is 5.56 Å². The summed E-state index contributed by atoms with van der Waals surface area (Å²) in [5, 5.41) is 11.4. The largest absolute Gasteiger partial charge is 0.507 e. The van der Waals surface area contributed by atoms with Crippen molar-refractivity contribution < 1.29 is 43.1 Å². The summed E-state index contributed by atoms with van der Waals surface area (Å²) in [6.07, 6.45) is 0. The number of carbonyl (C=O) groups excluding carboxylic acids is 2. The number of aliphatic hydroxyl groups excluding tert-OH is 1. The molecule has 1 N–H and O–H groups in total. The third kappa shape index (κ3) is 3.40. The number of fused-ring (bicyclic) bond motifs is 3. The van der Waals surface area contributed by atoms with Gasteiger partial charge >= 0.3 is 0 Å². The molecule has 10 heteroatoms. The smallest absolute Gasteiger partial charge is 0.295 e. The van der Waals surface area contributed by atoms with Crippen LogP contribution in [0.5, 0.6) is 34.5 Å². The van der Waals surface area contributed by atoms with Crippen LogP contribution in [0.15, 0.2) is 60.2 Å². The van der Waals surface area contributed by atoms with Crippen molar-refractivity contribution in [3.05, 3.63) is 76.9 Å². The lowest BCUT2D eigenvalue weighted by molar-refractivity contribution is -0.140. The Kier molecular flexibility index (Phi) is 4.68. The first-order valence-electron chi connectivity index (χ1n) is 11.5. The van der Waals surface area contributed by atoms with Crippen molar-refractivity contribution in [2.75, 3.05) is 20.4 Å². The molecule has 37 heavy (non-hydrogen) atoms. The van der Waals surface area contributed by atoms with E-state index in [2.05, 4.69) is 0 Å². The van der Waals surface area contributed by atoms with Crippen LogP contribution in [-0.2, 0) is 16.1 Å². The van der Waals surface area contributed by atoms with Gasteiger partial charge in [-0.25, -0.2) is 0 Å². The number of ether oxygens (including phenoxy) is 6. The lowest BCUT2D eigenvalue weighted by Gasteiger charge is -2.25. The van der Waals surface area contributed by atoms with Gasteiger partial charge in [0.25, 0.3) is 11.7 Å². The van der Waals surface area contributed by atoms with Gasteiger partial charge in [0.15, 0.2) is 34.5 Å². The van der Waals surface area contributed by atoms with Crippen molar-refractivity contribution in [1.82, 2.24) is 4.90 Å². The van der Waals surface area contributed by atoms with Gasteiger partial charge in [-0.05, 0) is 53.6 Å². The minimum atomic E-state index is -0.884. The average Bonchev–Trinajstić information content (AvgIpc) is 3.71. The van der Waals surface area contributed by atoms with Crippen molar-refractivity contribution in [3.63, 3.8) is 0 Å². The predicted octanol–water partition coefficient (Wildman–Crippen LogP) is 3.49. The van der Waals surface area contributed by atoms with Crippen molar-refractivity contribution >= 4 is 17.4 Å². The summed E-state index contributed by atoms with van der Waals surface area (Å²) >= 11 is 0. The summed E-state index contributed by atoms with van der Waals surface area (Å²) in [7, 11) is 0. The maximum absolute atomic E-state index is 13.4. The number of hydrogen-bond donors (Lipinski definition) is 1. The Morgan fingerprint density at radius 1 is 0.730 bits per heavy atom. The van der Waals surface area contributed by atoms with Crippen LogP contribution in [0.25, 0.3) is 5.76 Å². The van der Waals surface area contributed by atoms with E-state index in [1.807, 2.05) is 0 Å². The molecular formula is C27H19NO9. The fourth-order valence-electron chi connectivity index (χ4n) is 4.91. The van der Waals surface area contributed by atoms with E-state index in [-0.39, 0.29) is 38.3 Å². The molecule has 0 aromatic heterocycles. The third-order valence-electron chi connectivity index (χ3n) is 6.69. The van der Waals surface area contributed by atoms with E-state index < -0.39 is 17.7 Å². The van der Waals surface area contributed by atoms with Crippen LogP contribution >= 0.6 is 0 Å². The first-order chi connectivity index (χ1) is 18.1. The van der Waals surface area contributed by atoms with Crippen molar-refractivity contribution in [1.29, 1.82) is 0 Å². The Balaban J connectivity index is 1.34. The molecule has 3 aromatic carbocycles. The quantitative estimate of drug-likeness (QED) is 0.326. The summed E-state index contributed by atoms with van der Waals surface area (Å²) in [5.74, 6) is 1.37. The van der Waals surface area contributed by atoms with Gasteiger partial charge in [-0.3, -0.25) is 9.59 Å². The fourth-order valence-corrected chi connectivity index (χ4v) is 4.91. The highest BCUT2D eigenvalue weighted by molar-refractivity contribution is 6.46. The van der Waals surface area contributed by atoms with Gasteiger partial charge in [0.05, 0.1) is 11.6 Å². The van der Waals surface area contributed by atoms with Crippen LogP contribution in [0, 0.1) is 0 Å². The summed E-state index contributed by atoms with van der Waals surface area (Å²) in [6, 6.07) is 14.5. The first kappa shape index (κ1) is 21.4. The Bertz CT molecular complexity index is 1510. The lowest BCUT2D eigenvalue weighted by Crippen LogP contribution is -2.29. The number of benzene rings is 3. The minimum Gasteiger partial charge on any atom is -0.507 e. The monoisotopic (exact) mass is 501 g/mol. The van der Waals surface area contributed by atoms with Gasteiger partial charge in [-0.1, -0.05) is 12.1 Å². The van der Waals surface area contributed by atoms with Crippen molar-refractivity contribution in [2.24, 2.45) is 0 Å². The molecule has 4 aliphatic heterocycles. The summed E-state index contributed by atoms with van der Waals surface area (Å²) in [6.45, 7) is 0.359. The van der Waals surface area contributed by atoms with Crippen molar-refractivity contribution in [2.45, 2.75) is 12.6 Å². The van der Waals surface area contributed by atoms with Gasteiger partial charge in [-0.2, -0.15) is 0 Å². The second-order valence-electron chi connectivity index (χ2n) is 8.80. The topological polar surface area (TPSA) is 113 Å². The number of hydrogen-bond acceptors (Lipinski definition) is 9. The normalized spacial score (nSPS) is 20.1. The Labute approximate surface area is 210 Å². The summed E-state index contributed by atoms with van der Waals surface area (Å²) in [5.41, 5.74) is 1.62. The number of Topliss-reactive ketones (excluding diaryl/α,β-unsaturated/α-hetero) is 1. The molecule has 10 nitrogen and oxygen atoms in total. The van der Waals surface area contributed by atoms with E-state index in [1.54, 1.807) is 54.6 Å². The van der Waals surface area contributed by atoms with E-state index in [9.17, 15) is 14.7 Å². The van der Waals surface area contributed by atoms with Crippen LogP contribution in [0.3, 0.4) is 0 Å². The summed E-state index contributed by atoms with van der Waals surface area (Å²) in [4.78, 5) is 28.2. The summed E-state index contributed by atoms with van der Waals surface area (Å²) < 4.78 is 32.6. The van der Waals surface area contributed by atoms with Gasteiger partial charge in [-0.15, -0.1) is 0 Å². The van der Waals surface area contributed by atoms with Gasteiger partial charge in [0.1, 0.15) is 5.76 Å². The molecule has 1 fully saturated rings. The predicted molar refractivity (Wildman–Crippen MR) is 126 cm³/mol. The lowest BCUT2D eigenvalue weighted by atomic mass is 9.94. The molecule has 4 heterocycles. The Morgan fingerprint density at radius 3 is 2.00 bits per heavy atom. The highest BCUT2D eigenvalue weighted by Crippen LogP contribution is 2.45. The zero-order valence-electron chi connectivity index (χ0n) is 19.3. The molecule has 1 atom stereocenters. The molecule has 1 saturated heterocycles. The zero-order chi connectivity index (χ0) is 25.1. The molecule has 4 aliphatic rings. The van der Waals surface area contributed by atoms with Crippen LogP contribution in [0.1, 0.15) is 22.7 Å². The highest BCUT2D eigenvalue weighted by atomic mass is 16.7. The minimum absolute atomic E-state index is 0.0385. The molecule has 1 amide bonds. The molecule has 186 valence electrons. The number of nitrogens with zero attached hydrogens (tertiary/aromatic N) is 1. The number of likely N-dealkylation sites (tertiary alicyclic amines) is 1. The molecule has 7 rings (SSSR count). The number of carbonyl (C=O) groups is 2. The van der Waals surface area contributed by atoms with Crippen LogP contribution in [0.2, 0.25) is 0 Å². The third-order valence-corrected chi connectivity index (χ3v) is 6.69. The van der Waals surface area contributed by atoms with E-state index in [1.165, 1.54) is 4.90 Å². The molecule has 0 unspecified atom stereocenters. The number of rotatable bonds is 4.